The average Bonchev–Trinajstić information content (AvgIpc) is 3.07. The van der Waals surface area contributed by atoms with Gasteiger partial charge in [-0.15, -0.1) is 0 Å². The van der Waals surface area contributed by atoms with Crippen LogP contribution >= 0.6 is 0 Å². The van der Waals surface area contributed by atoms with E-state index in [-0.39, 0.29) is 23.5 Å². The first-order chi connectivity index (χ1) is 13.5. The van der Waals surface area contributed by atoms with Gasteiger partial charge in [0.05, 0.1) is 5.52 Å². The number of nitrogens with one attached hydrogen (secondary N) is 2. The summed E-state index contributed by atoms with van der Waals surface area (Å²) in [6.07, 6.45) is 1.71. The molecule has 0 saturated carbocycles. The van der Waals surface area contributed by atoms with Crippen LogP contribution < -0.4 is 20.1 Å². The summed E-state index contributed by atoms with van der Waals surface area (Å²) in [5.74, 6) is 0.635. The molecule has 2 aromatic heterocycles. The highest BCUT2D eigenvalue weighted by molar-refractivity contribution is 6.09. The van der Waals surface area contributed by atoms with Crippen molar-refractivity contribution in [1.82, 2.24) is 14.7 Å². The number of hydrogen-bond acceptors (Lipinski definition) is 5. The maximum atomic E-state index is 12.9. The van der Waals surface area contributed by atoms with Crippen LogP contribution in [0.25, 0.3) is 5.52 Å². The van der Waals surface area contributed by atoms with Crippen LogP contribution in [0, 0.1) is 0 Å². The molecule has 2 amide bonds. The van der Waals surface area contributed by atoms with Crippen LogP contribution in [0.5, 0.6) is 11.5 Å². The molecule has 0 aliphatic carbocycles. The van der Waals surface area contributed by atoms with Gasteiger partial charge in [-0.25, -0.2) is 4.98 Å². The summed E-state index contributed by atoms with van der Waals surface area (Å²) in [6.45, 7) is 4.69. The zero-order chi connectivity index (χ0) is 19.7. The van der Waals surface area contributed by atoms with Gasteiger partial charge < -0.3 is 20.1 Å². The normalized spacial score (nSPS) is 12.8. The maximum Gasteiger partial charge on any atom is 0.287 e. The Morgan fingerprint density at radius 2 is 1.86 bits per heavy atom. The Hall–Kier alpha value is -3.55. The third-order valence-corrected chi connectivity index (χ3v) is 4.19. The molecule has 28 heavy (non-hydrogen) atoms. The number of imidazole rings is 1. The second-order valence-corrected chi connectivity index (χ2v) is 6.68. The Morgan fingerprint density at radius 1 is 1.07 bits per heavy atom. The van der Waals surface area contributed by atoms with Crippen LogP contribution in [0.15, 0.2) is 42.6 Å². The molecule has 0 bridgehead atoms. The van der Waals surface area contributed by atoms with Gasteiger partial charge in [-0.2, -0.15) is 0 Å². The topological polar surface area (TPSA) is 94.0 Å². The second-order valence-electron chi connectivity index (χ2n) is 6.68. The lowest BCUT2D eigenvalue weighted by atomic mass is 10.2. The molecule has 0 radical (unpaired) electrons. The molecule has 2 N–H and O–H groups in total. The molecule has 0 atom stereocenters. The number of pyridine rings is 1. The molecule has 1 aliphatic heterocycles. The van der Waals surface area contributed by atoms with E-state index in [1.807, 2.05) is 13.8 Å². The van der Waals surface area contributed by atoms with Crippen LogP contribution in [0.1, 0.15) is 35.0 Å². The molecular formula is C20H20N4O4. The van der Waals surface area contributed by atoms with Gasteiger partial charge in [-0.05, 0) is 38.1 Å². The number of fused-ring (bicyclic) bond motifs is 2. The molecule has 3 heterocycles. The number of carbonyl (C=O) groups is 2. The van der Waals surface area contributed by atoms with Crippen molar-refractivity contribution in [2.75, 3.05) is 18.5 Å². The predicted molar refractivity (Wildman–Crippen MR) is 103 cm³/mol. The second kappa shape index (κ2) is 7.22. The fourth-order valence-corrected chi connectivity index (χ4v) is 3.00. The molecule has 4 rings (SSSR count). The van der Waals surface area contributed by atoms with E-state index in [1.165, 1.54) is 0 Å². The SMILES string of the molecule is CC(C)NC(=O)c1nc(C(=O)Nc2ccc3c(c2)OCCO3)c2ccccn12. The van der Waals surface area contributed by atoms with E-state index in [2.05, 4.69) is 15.6 Å². The van der Waals surface area contributed by atoms with Gasteiger partial charge in [0.1, 0.15) is 13.2 Å². The molecule has 8 nitrogen and oxygen atoms in total. The molecule has 3 aromatic rings. The molecule has 0 unspecified atom stereocenters. The van der Waals surface area contributed by atoms with Crippen LogP contribution in [-0.4, -0.2) is 40.5 Å². The van der Waals surface area contributed by atoms with Crippen molar-refractivity contribution in [3.63, 3.8) is 0 Å². The van der Waals surface area contributed by atoms with E-state index in [0.29, 0.717) is 35.9 Å². The molecule has 1 aliphatic rings. The summed E-state index contributed by atoms with van der Waals surface area (Å²) in [6, 6.07) is 10.5. The van der Waals surface area contributed by atoms with Crippen molar-refractivity contribution in [2.45, 2.75) is 19.9 Å². The predicted octanol–water partition coefficient (Wildman–Crippen LogP) is 2.50. The first-order valence-corrected chi connectivity index (χ1v) is 9.02. The van der Waals surface area contributed by atoms with Gasteiger partial charge in [-0.3, -0.25) is 14.0 Å². The molecule has 144 valence electrons. The number of hydrogen-bond donors (Lipinski definition) is 2. The number of nitrogens with zero attached hydrogens (tertiary/aromatic N) is 2. The minimum absolute atomic E-state index is 0.0430. The van der Waals surface area contributed by atoms with Gasteiger partial charge in [0, 0.05) is 24.0 Å². The van der Waals surface area contributed by atoms with Crippen molar-refractivity contribution >= 4 is 23.0 Å². The van der Waals surface area contributed by atoms with E-state index in [9.17, 15) is 9.59 Å². The zero-order valence-corrected chi connectivity index (χ0v) is 15.6. The smallest absolute Gasteiger partial charge is 0.287 e. The zero-order valence-electron chi connectivity index (χ0n) is 15.6. The van der Waals surface area contributed by atoms with E-state index in [4.69, 9.17) is 9.47 Å². The number of aromatic nitrogens is 2. The van der Waals surface area contributed by atoms with Crippen LogP contribution in [-0.2, 0) is 0 Å². The lowest BCUT2D eigenvalue weighted by Gasteiger charge is -2.18. The average molecular weight is 380 g/mol. The van der Waals surface area contributed by atoms with Gasteiger partial charge in [0.2, 0.25) is 5.82 Å². The van der Waals surface area contributed by atoms with Crippen LogP contribution in [0.3, 0.4) is 0 Å². The monoisotopic (exact) mass is 380 g/mol. The number of amides is 2. The summed E-state index contributed by atoms with van der Waals surface area (Å²) >= 11 is 0. The lowest BCUT2D eigenvalue weighted by Crippen LogP contribution is -2.31. The maximum absolute atomic E-state index is 12.9. The van der Waals surface area contributed by atoms with Crippen molar-refractivity contribution in [3.8, 4) is 11.5 Å². The fraction of sp³-hybridized carbons (Fsp3) is 0.250. The summed E-state index contributed by atoms with van der Waals surface area (Å²) in [4.78, 5) is 29.6. The van der Waals surface area contributed by atoms with Gasteiger partial charge >= 0.3 is 0 Å². The van der Waals surface area contributed by atoms with Gasteiger partial charge in [0.25, 0.3) is 11.8 Å². The summed E-state index contributed by atoms with van der Waals surface area (Å²) in [5, 5.41) is 5.61. The molecule has 1 aromatic carbocycles. The van der Waals surface area contributed by atoms with E-state index in [1.54, 1.807) is 47.0 Å². The molecule has 8 heteroatoms. The van der Waals surface area contributed by atoms with Crippen LogP contribution in [0.4, 0.5) is 5.69 Å². The Morgan fingerprint density at radius 3 is 2.64 bits per heavy atom. The van der Waals surface area contributed by atoms with E-state index < -0.39 is 5.91 Å². The van der Waals surface area contributed by atoms with Crippen molar-refractivity contribution in [3.05, 3.63) is 54.1 Å². The van der Waals surface area contributed by atoms with E-state index >= 15 is 0 Å². The fourth-order valence-electron chi connectivity index (χ4n) is 3.00. The number of benzene rings is 1. The number of rotatable bonds is 4. The number of ether oxygens (including phenoxy) is 2. The van der Waals surface area contributed by atoms with Crippen LogP contribution in [0.2, 0.25) is 0 Å². The number of anilines is 1. The third-order valence-electron chi connectivity index (χ3n) is 4.19. The van der Waals surface area contributed by atoms with Crippen molar-refractivity contribution in [1.29, 1.82) is 0 Å². The molecule has 0 spiro atoms. The van der Waals surface area contributed by atoms with E-state index in [0.717, 1.165) is 0 Å². The standard InChI is InChI=1S/C20H20N4O4/c1-12(2)21-20(26)18-23-17(14-5-3-4-8-24(14)18)19(25)22-13-6-7-15-16(11-13)28-10-9-27-15/h3-8,11-12H,9-10H2,1-2H3,(H,21,26)(H,22,25). The lowest BCUT2D eigenvalue weighted by molar-refractivity contribution is 0.0932. The largest absolute Gasteiger partial charge is 0.486 e. The van der Waals surface area contributed by atoms with Crippen molar-refractivity contribution in [2.24, 2.45) is 0 Å². The minimum atomic E-state index is -0.413. The Balaban J connectivity index is 1.65. The highest BCUT2D eigenvalue weighted by Gasteiger charge is 2.22. The Labute approximate surface area is 161 Å². The minimum Gasteiger partial charge on any atom is -0.486 e. The molecule has 0 saturated heterocycles. The summed E-state index contributed by atoms with van der Waals surface area (Å²) in [7, 11) is 0. The first-order valence-electron chi connectivity index (χ1n) is 9.02. The summed E-state index contributed by atoms with van der Waals surface area (Å²) < 4.78 is 12.6. The summed E-state index contributed by atoms with van der Waals surface area (Å²) in [5.41, 5.74) is 1.27. The highest BCUT2D eigenvalue weighted by atomic mass is 16.6. The number of carbonyl (C=O) groups excluding carboxylic acids is 2. The first kappa shape index (κ1) is 17.8. The quantitative estimate of drug-likeness (QED) is 0.725. The highest BCUT2D eigenvalue weighted by Crippen LogP contribution is 2.32. The third kappa shape index (κ3) is 3.36. The van der Waals surface area contributed by atoms with Gasteiger partial charge in [0.15, 0.2) is 17.2 Å². The Kier molecular flexibility index (Phi) is 4.60. The molecular weight excluding hydrogens is 360 g/mol. The Bertz CT molecular complexity index is 1060. The van der Waals surface area contributed by atoms with Gasteiger partial charge in [-0.1, -0.05) is 6.07 Å². The molecule has 0 fully saturated rings. The van der Waals surface area contributed by atoms with Crippen molar-refractivity contribution < 1.29 is 19.1 Å².